The minimum atomic E-state index is 0.611. The van der Waals surface area contributed by atoms with E-state index in [0.717, 1.165) is 18.9 Å². The Hall–Kier alpha value is -0.710. The Labute approximate surface area is 157 Å². The number of rotatable bonds is 5. The fraction of sp³-hybridized carbons (Fsp3) is 0.714. The maximum Gasteiger partial charge on any atom is 0.122 e. The van der Waals surface area contributed by atoms with Crippen molar-refractivity contribution in [3.05, 3.63) is 29.3 Å². The lowest BCUT2D eigenvalue weighted by Gasteiger charge is -2.38. The number of hydrogen-bond donors (Lipinski definition) is 0. The molecule has 2 aliphatic heterocycles. The van der Waals surface area contributed by atoms with Gasteiger partial charge in [-0.3, -0.25) is 9.80 Å². The standard InChI is InChI=1S/C21H32N2OS/c1-2-22-11-5-6-17(22)16-24-21-10-4-7-18-19(21)8-3-9-20(18)23-12-14-25-15-13-23/h4,7,10,17,20H,2-3,5-6,8-9,11-16H2,1H3. The van der Waals surface area contributed by atoms with Gasteiger partial charge >= 0.3 is 0 Å². The molecule has 25 heavy (non-hydrogen) atoms. The highest BCUT2D eigenvalue weighted by molar-refractivity contribution is 7.99. The zero-order chi connectivity index (χ0) is 17.1. The zero-order valence-corrected chi connectivity index (χ0v) is 16.4. The first kappa shape index (κ1) is 17.7. The molecule has 3 nitrogen and oxygen atoms in total. The Morgan fingerprint density at radius 3 is 2.84 bits per heavy atom. The van der Waals surface area contributed by atoms with Crippen LogP contribution in [0.2, 0.25) is 0 Å². The first-order chi connectivity index (χ1) is 12.4. The Bertz CT molecular complexity index is 573. The van der Waals surface area contributed by atoms with Crippen molar-refractivity contribution in [3.8, 4) is 5.75 Å². The summed E-state index contributed by atoms with van der Waals surface area (Å²) in [4.78, 5) is 5.29. The van der Waals surface area contributed by atoms with E-state index < -0.39 is 0 Å². The van der Waals surface area contributed by atoms with Crippen LogP contribution in [0.25, 0.3) is 0 Å². The summed E-state index contributed by atoms with van der Waals surface area (Å²) in [7, 11) is 0. The predicted octanol–water partition coefficient (Wildman–Crippen LogP) is 3.98. The zero-order valence-electron chi connectivity index (χ0n) is 15.6. The first-order valence-electron chi connectivity index (χ1n) is 10.2. The Kier molecular flexibility index (Phi) is 5.89. The molecular formula is C21H32N2OS. The molecule has 138 valence electrons. The molecule has 0 aromatic heterocycles. The van der Waals surface area contributed by atoms with Gasteiger partial charge in [0, 0.05) is 36.7 Å². The maximum absolute atomic E-state index is 6.39. The number of ether oxygens (including phenoxy) is 1. The first-order valence-corrected chi connectivity index (χ1v) is 11.3. The average molecular weight is 361 g/mol. The third kappa shape index (κ3) is 3.86. The van der Waals surface area contributed by atoms with Crippen molar-refractivity contribution < 1.29 is 4.74 Å². The third-order valence-corrected chi connectivity index (χ3v) is 7.20. The number of nitrogens with zero attached hydrogens (tertiary/aromatic N) is 2. The molecule has 2 heterocycles. The Morgan fingerprint density at radius 1 is 1.12 bits per heavy atom. The van der Waals surface area contributed by atoms with E-state index in [4.69, 9.17) is 4.74 Å². The van der Waals surface area contributed by atoms with Gasteiger partial charge in [0.2, 0.25) is 0 Å². The van der Waals surface area contributed by atoms with E-state index in [-0.39, 0.29) is 0 Å². The summed E-state index contributed by atoms with van der Waals surface area (Å²) in [6.07, 6.45) is 6.41. The molecule has 4 rings (SSSR count). The normalized spacial score (nSPS) is 28.0. The van der Waals surface area contributed by atoms with Crippen LogP contribution in [0, 0.1) is 0 Å². The second-order valence-electron chi connectivity index (χ2n) is 7.62. The number of thioether (sulfide) groups is 1. The Balaban J connectivity index is 1.48. The molecular weight excluding hydrogens is 328 g/mol. The van der Waals surface area contributed by atoms with E-state index in [1.165, 1.54) is 68.8 Å². The fourth-order valence-corrected chi connectivity index (χ4v) is 5.81. The van der Waals surface area contributed by atoms with E-state index in [1.807, 2.05) is 0 Å². The minimum Gasteiger partial charge on any atom is -0.492 e. The van der Waals surface area contributed by atoms with Crippen molar-refractivity contribution in [1.29, 1.82) is 0 Å². The monoisotopic (exact) mass is 360 g/mol. The SMILES string of the molecule is CCN1CCCC1COc1cccc2c1CCCC2N1CCSCC1. The van der Waals surface area contributed by atoms with Crippen LogP contribution in [0.1, 0.15) is 49.8 Å². The highest BCUT2D eigenvalue weighted by Gasteiger charge is 2.29. The second kappa shape index (κ2) is 8.32. The molecule has 3 aliphatic rings. The molecule has 0 spiro atoms. The van der Waals surface area contributed by atoms with Crippen LogP contribution in [0.5, 0.6) is 5.75 Å². The lowest BCUT2D eigenvalue weighted by molar-refractivity contribution is 0.174. The van der Waals surface area contributed by atoms with Gasteiger partial charge in [-0.05, 0) is 62.4 Å². The van der Waals surface area contributed by atoms with Crippen molar-refractivity contribution in [2.24, 2.45) is 0 Å². The molecule has 0 N–H and O–H groups in total. The topological polar surface area (TPSA) is 15.7 Å². The van der Waals surface area contributed by atoms with Crippen LogP contribution >= 0.6 is 11.8 Å². The van der Waals surface area contributed by atoms with Crippen molar-refractivity contribution in [2.45, 2.75) is 51.1 Å². The molecule has 0 bridgehead atoms. The molecule has 2 atom stereocenters. The molecule has 1 aromatic rings. The van der Waals surface area contributed by atoms with Crippen molar-refractivity contribution >= 4 is 11.8 Å². The van der Waals surface area contributed by atoms with Gasteiger partial charge in [0.25, 0.3) is 0 Å². The molecule has 2 unspecified atom stereocenters. The van der Waals surface area contributed by atoms with Gasteiger partial charge < -0.3 is 4.74 Å². The van der Waals surface area contributed by atoms with Gasteiger partial charge in [-0.25, -0.2) is 0 Å². The Morgan fingerprint density at radius 2 is 2.00 bits per heavy atom. The number of likely N-dealkylation sites (N-methyl/N-ethyl adjacent to an activating group) is 1. The van der Waals surface area contributed by atoms with Gasteiger partial charge in [0.15, 0.2) is 0 Å². The van der Waals surface area contributed by atoms with E-state index in [9.17, 15) is 0 Å². The van der Waals surface area contributed by atoms with Crippen molar-refractivity contribution in [2.75, 3.05) is 44.3 Å². The van der Waals surface area contributed by atoms with Gasteiger partial charge in [-0.15, -0.1) is 0 Å². The van der Waals surface area contributed by atoms with Crippen molar-refractivity contribution in [3.63, 3.8) is 0 Å². The largest absolute Gasteiger partial charge is 0.492 e. The highest BCUT2D eigenvalue weighted by Crippen LogP contribution is 2.39. The molecule has 4 heteroatoms. The van der Waals surface area contributed by atoms with E-state index in [1.54, 1.807) is 5.56 Å². The number of hydrogen-bond acceptors (Lipinski definition) is 4. The summed E-state index contributed by atoms with van der Waals surface area (Å²) in [5.74, 6) is 3.74. The molecule has 0 radical (unpaired) electrons. The van der Waals surface area contributed by atoms with Gasteiger partial charge in [-0.1, -0.05) is 19.1 Å². The number of fused-ring (bicyclic) bond motifs is 1. The molecule has 1 aromatic carbocycles. The maximum atomic E-state index is 6.39. The van der Waals surface area contributed by atoms with Crippen LogP contribution < -0.4 is 4.74 Å². The van der Waals surface area contributed by atoms with E-state index in [0.29, 0.717) is 12.1 Å². The molecule has 0 amide bonds. The van der Waals surface area contributed by atoms with E-state index >= 15 is 0 Å². The summed E-state index contributed by atoms with van der Waals surface area (Å²) in [5.41, 5.74) is 3.05. The van der Waals surface area contributed by atoms with Crippen LogP contribution in [0.3, 0.4) is 0 Å². The van der Waals surface area contributed by atoms with Crippen LogP contribution in [0.4, 0.5) is 0 Å². The molecule has 2 saturated heterocycles. The predicted molar refractivity (Wildman–Crippen MR) is 107 cm³/mol. The molecule has 0 saturated carbocycles. The summed E-state index contributed by atoms with van der Waals surface area (Å²) in [6, 6.07) is 8.02. The van der Waals surface area contributed by atoms with Gasteiger partial charge in [0.1, 0.15) is 12.4 Å². The lowest BCUT2D eigenvalue weighted by atomic mass is 9.86. The van der Waals surface area contributed by atoms with Gasteiger partial charge in [0.05, 0.1) is 0 Å². The summed E-state index contributed by atoms with van der Waals surface area (Å²) < 4.78 is 6.39. The summed E-state index contributed by atoms with van der Waals surface area (Å²) in [5, 5.41) is 0. The molecule has 2 fully saturated rings. The van der Waals surface area contributed by atoms with Crippen LogP contribution in [0.15, 0.2) is 18.2 Å². The number of benzene rings is 1. The minimum absolute atomic E-state index is 0.611. The van der Waals surface area contributed by atoms with Crippen LogP contribution in [-0.4, -0.2) is 60.1 Å². The van der Waals surface area contributed by atoms with Gasteiger partial charge in [-0.2, -0.15) is 11.8 Å². The fourth-order valence-electron chi connectivity index (χ4n) is 4.88. The summed E-state index contributed by atoms with van der Waals surface area (Å²) >= 11 is 2.10. The highest BCUT2D eigenvalue weighted by atomic mass is 32.2. The number of likely N-dealkylation sites (tertiary alicyclic amines) is 1. The lowest BCUT2D eigenvalue weighted by Crippen LogP contribution is -2.37. The van der Waals surface area contributed by atoms with Crippen LogP contribution in [-0.2, 0) is 6.42 Å². The van der Waals surface area contributed by atoms with Crippen molar-refractivity contribution in [1.82, 2.24) is 9.80 Å². The van der Waals surface area contributed by atoms with E-state index in [2.05, 4.69) is 46.7 Å². The molecule has 1 aliphatic carbocycles. The smallest absolute Gasteiger partial charge is 0.122 e. The quantitative estimate of drug-likeness (QED) is 0.789. The third-order valence-electron chi connectivity index (χ3n) is 6.26. The summed E-state index contributed by atoms with van der Waals surface area (Å²) in [6.45, 7) is 8.00. The second-order valence-corrected chi connectivity index (χ2v) is 8.84. The average Bonchev–Trinajstić information content (AvgIpc) is 3.14.